The molecule has 1 unspecified atom stereocenters. The van der Waals surface area contributed by atoms with Crippen molar-refractivity contribution in [2.24, 2.45) is 0 Å². The molecule has 1 saturated heterocycles. The molecule has 1 aromatic heterocycles. The van der Waals surface area contributed by atoms with Crippen molar-refractivity contribution < 1.29 is 14.3 Å². The Hall–Kier alpha value is -1.33. The lowest BCUT2D eigenvalue weighted by Gasteiger charge is -2.30. The number of carbonyl (C=O) groups is 1. The van der Waals surface area contributed by atoms with E-state index in [9.17, 15) is 4.79 Å². The molecule has 1 aromatic rings. The third-order valence-corrected chi connectivity index (χ3v) is 2.70. The first-order valence-corrected chi connectivity index (χ1v) is 5.43. The van der Waals surface area contributed by atoms with E-state index in [0.717, 1.165) is 19.6 Å². The van der Waals surface area contributed by atoms with Gasteiger partial charge in [-0.25, -0.2) is 4.79 Å². The third-order valence-electron chi connectivity index (χ3n) is 2.70. The summed E-state index contributed by atoms with van der Waals surface area (Å²) < 4.78 is 5.22. The van der Waals surface area contributed by atoms with E-state index in [-0.39, 0.29) is 5.76 Å². The largest absolute Gasteiger partial charge is 0.475 e. The molecule has 1 atom stereocenters. The van der Waals surface area contributed by atoms with E-state index in [1.165, 1.54) is 6.07 Å². The third kappa shape index (κ3) is 2.62. The predicted octanol–water partition coefficient (Wildman–Crippen LogP) is 0.772. The minimum absolute atomic E-state index is 0.0122. The lowest BCUT2D eigenvalue weighted by atomic mass is 10.2. The van der Waals surface area contributed by atoms with Crippen molar-refractivity contribution in [1.29, 1.82) is 0 Å². The van der Waals surface area contributed by atoms with Gasteiger partial charge in [0.15, 0.2) is 0 Å². The van der Waals surface area contributed by atoms with Gasteiger partial charge in [0.1, 0.15) is 5.76 Å². The van der Waals surface area contributed by atoms with Crippen molar-refractivity contribution in [3.8, 4) is 0 Å². The molecule has 2 heterocycles. The maximum Gasteiger partial charge on any atom is 0.371 e. The molecule has 0 spiro atoms. The van der Waals surface area contributed by atoms with Crippen molar-refractivity contribution in [2.45, 2.75) is 19.5 Å². The zero-order valence-electron chi connectivity index (χ0n) is 9.27. The average molecular weight is 224 g/mol. The van der Waals surface area contributed by atoms with Gasteiger partial charge < -0.3 is 14.8 Å². The first-order valence-electron chi connectivity index (χ1n) is 5.43. The van der Waals surface area contributed by atoms with Gasteiger partial charge in [-0.1, -0.05) is 0 Å². The van der Waals surface area contributed by atoms with Gasteiger partial charge in [0.05, 0.1) is 6.54 Å². The summed E-state index contributed by atoms with van der Waals surface area (Å²) in [5.41, 5.74) is 0. The molecular weight excluding hydrogens is 208 g/mol. The Bertz CT molecular complexity index is 375. The van der Waals surface area contributed by atoms with Gasteiger partial charge in [0.25, 0.3) is 0 Å². The normalized spacial score (nSPS) is 22.2. The number of nitrogens with zero attached hydrogens (tertiary/aromatic N) is 1. The van der Waals surface area contributed by atoms with Crippen LogP contribution < -0.4 is 5.32 Å². The summed E-state index contributed by atoms with van der Waals surface area (Å²) in [5, 5.41) is 12.1. The van der Waals surface area contributed by atoms with Crippen LogP contribution in [-0.4, -0.2) is 41.7 Å². The van der Waals surface area contributed by atoms with Crippen LogP contribution in [0.2, 0.25) is 0 Å². The van der Waals surface area contributed by atoms with Crippen LogP contribution in [0.4, 0.5) is 0 Å². The highest BCUT2D eigenvalue weighted by molar-refractivity contribution is 5.84. The Morgan fingerprint density at radius 2 is 2.50 bits per heavy atom. The van der Waals surface area contributed by atoms with Crippen LogP contribution >= 0.6 is 0 Å². The molecule has 1 fully saturated rings. The highest BCUT2D eigenvalue weighted by Gasteiger charge is 2.17. The summed E-state index contributed by atoms with van der Waals surface area (Å²) in [6.07, 6.45) is 0. The van der Waals surface area contributed by atoms with E-state index in [4.69, 9.17) is 9.52 Å². The van der Waals surface area contributed by atoms with Gasteiger partial charge >= 0.3 is 5.97 Å². The van der Waals surface area contributed by atoms with E-state index in [2.05, 4.69) is 17.1 Å². The Labute approximate surface area is 94.0 Å². The smallest absolute Gasteiger partial charge is 0.371 e. The molecule has 2 N–H and O–H groups in total. The van der Waals surface area contributed by atoms with E-state index in [1.807, 2.05) is 0 Å². The molecule has 88 valence electrons. The predicted molar refractivity (Wildman–Crippen MR) is 58.4 cm³/mol. The molecular formula is C11H16N2O3. The van der Waals surface area contributed by atoms with Crippen LogP contribution in [0.15, 0.2) is 16.5 Å². The van der Waals surface area contributed by atoms with E-state index in [1.54, 1.807) is 6.07 Å². The summed E-state index contributed by atoms with van der Waals surface area (Å²) in [4.78, 5) is 12.9. The average Bonchev–Trinajstić information content (AvgIpc) is 2.66. The zero-order valence-corrected chi connectivity index (χ0v) is 9.27. The zero-order chi connectivity index (χ0) is 11.5. The summed E-state index contributed by atoms with van der Waals surface area (Å²) in [5.74, 6) is -0.287. The number of carboxylic acids is 1. The maximum atomic E-state index is 10.6. The van der Waals surface area contributed by atoms with E-state index >= 15 is 0 Å². The van der Waals surface area contributed by atoms with Gasteiger partial charge in [0, 0.05) is 25.7 Å². The van der Waals surface area contributed by atoms with Gasteiger partial charge in [-0.2, -0.15) is 0 Å². The fourth-order valence-electron chi connectivity index (χ4n) is 1.95. The molecule has 1 aliphatic rings. The topological polar surface area (TPSA) is 65.7 Å². The number of carboxylic acid groups (broad SMARTS) is 1. The fraction of sp³-hybridized carbons (Fsp3) is 0.545. The number of hydrogen-bond acceptors (Lipinski definition) is 4. The first-order chi connectivity index (χ1) is 7.65. The lowest BCUT2D eigenvalue weighted by Crippen LogP contribution is -2.48. The van der Waals surface area contributed by atoms with Crippen molar-refractivity contribution in [3.05, 3.63) is 23.7 Å². The highest BCUT2D eigenvalue weighted by atomic mass is 16.4. The maximum absolute atomic E-state index is 10.6. The summed E-state index contributed by atoms with van der Waals surface area (Å²) in [6.45, 7) is 5.71. The minimum Gasteiger partial charge on any atom is -0.475 e. The van der Waals surface area contributed by atoms with Crippen LogP contribution in [0.25, 0.3) is 0 Å². The Kier molecular flexibility index (Phi) is 3.26. The van der Waals surface area contributed by atoms with Gasteiger partial charge in [0.2, 0.25) is 5.76 Å². The van der Waals surface area contributed by atoms with Crippen LogP contribution in [0.3, 0.4) is 0 Å². The Morgan fingerprint density at radius 3 is 3.12 bits per heavy atom. The molecule has 0 bridgehead atoms. The monoisotopic (exact) mass is 224 g/mol. The second-order valence-corrected chi connectivity index (χ2v) is 4.16. The molecule has 0 aromatic carbocycles. The SMILES string of the molecule is CC1CN(Cc2ccc(C(=O)O)o2)CCN1. The molecule has 0 saturated carbocycles. The molecule has 2 rings (SSSR count). The number of furan rings is 1. The summed E-state index contributed by atoms with van der Waals surface area (Å²) >= 11 is 0. The molecule has 16 heavy (non-hydrogen) atoms. The summed E-state index contributed by atoms with van der Waals surface area (Å²) in [6, 6.07) is 3.71. The number of nitrogens with one attached hydrogen (secondary N) is 1. The van der Waals surface area contributed by atoms with Gasteiger partial charge in [-0.15, -0.1) is 0 Å². The van der Waals surface area contributed by atoms with Crippen molar-refractivity contribution in [3.63, 3.8) is 0 Å². The van der Waals surface area contributed by atoms with Crippen molar-refractivity contribution >= 4 is 5.97 Å². The van der Waals surface area contributed by atoms with Gasteiger partial charge in [-0.3, -0.25) is 4.90 Å². The highest BCUT2D eigenvalue weighted by Crippen LogP contribution is 2.11. The standard InChI is InChI=1S/C11H16N2O3/c1-8-6-13(5-4-12-8)7-9-2-3-10(16-9)11(14)15/h2-3,8,12H,4-7H2,1H3,(H,14,15). The number of hydrogen-bond donors (Lipinski definition) is 2. The molecule has 0 aliphatic carbocycles. The first kappa shape index (κ1) is 11.2. The molecule has 0 radical (unpaired) electrons. The van der Waals surface area contributed by atoms with Crippen LogP contribution in [-0.2, 0) is 6.54 Å². The number of aromatic carboxylic acids is 1. The lowest BCUT2D eigenvalue weighted by molar-refractivity contribution is 0.0657. The fourth-order valence-corrected chi connectivity index (χ4v) is 1.95. The molecule has 5 heteroatoms. The summed E-state index contributed by atoms with van der Waals surface area (Å²) in [7, 11) is 0. The Morgan fingerprint density at radius 1 is 1.69 bits per heavy atom. The quantitative estimate of drug-likeness (QED) is 0.794. The number of rotatable bonds is 3. The van der Waals surface area contributed by atoms with E-state index in [0.29, 0.717) is 18.3 Å². The molecule has 5 nitrogen and oxygen atoms in total. The van der Waals surface area contributed by atoms with E-state index < -0.39 is 5.97 Å². The number of piperazine rings is 1. The molecule has 0 amide bonds. The second kappa shape index (κ2) is 4.67. The Balaban J connectivity index is 1.95. The molecule has 1 aliphatic heterocycles. The van der Waals surface area contributed by atoms with Crippen LogP contribution in [0.5, 0.6) is 0 Å². The van der Waals surface area contributed by atoms with Crippen LogP contribution in [0, 0.1) is 0 Å². The van der Waals surface area contributed by atoms with Crippen molar-refractivity contribution in [1.82, 2.24) is 10.2 Å². The van der Waals surface area contributed by atoms with Crippen LogP contribution in [0.1, 0.15) is 23.2 Å². The van der Waals surface area contributed by atoms with Gasteiger partial charge in [-0.05, 0) is 19.1 Å². The minimum atomic E-state index is -1.01. The van der Waals surface area contributed by atoms with Crippen molar-refractivity contribution in [2.75, 3.05) is 19.6 Å². The second-order valence-electron chi connectivity index (χ2n) is 4.16.